The van der Waals surface area contributed by atoms with Gasteiger partial charge >= 0.3 is 0 Å². The minimum atomic E-state index is 0.553. The van der Waals surface area contributed by atoms with Crippen LogP contribution in [0.5, 0.6) is 0 Å². The lowest BCUT2D eigenvalue weighted by molar-refractivity contribution is 0.597. The second-order valence-corrected chi connectivity index (χ2v) is 3.93. The zero-order valence-electron chi connectivity index (χ0n) is 7.94. The van der Waals surface area contributed by atoms with E-state index in [4.69, 9.17) is 12.6 Å². The SMILES string of the molecule is CCCCCCC([S])CCC. The molecule has 0 nitrogen and oxygen atoms in total. The molecule has 0 aliphatic rings. The average Bonchev–Trinajstić information content (AvgIpc) is 1.99. The molecule has 0 aliphatic carbocycles. The van der Waals surface area contributed by atoms with Gasteiger partial charge < -0.3 is 0 Å². The molecule has 1 radical (unpaired) electrons. The molecule has 0 saturated carbocycles. The van der Waals surface area contributed by atoms with E-state index < -0.39 is 0 Å². The maximum atomic E-state index is 5.29. The highest BCUT2D eigenvalue weighted by atomic mass is 32.1. The first-order chi connectivity index (χ1) is 5.31. The molecule has 67 valence electrons. The molecule has 0 fully saturated rings. The molecule has 0 amide bonds. The molecule has 0 aromatic carbocycles. The second-order valence-electron chi connectivity index (χ2n) is 3.26. The van der Waals surface area contributed by atoms with Gasteiger partial charge in [0.05, 0.1) is 0 Å². The maximum Gasteiger partial charge on any atom is 0.0151 e. The van der Waals surface area contributed by atoms with Crippen LogP contribution in [0.4, 0.5) is 0 Å². The number of rotatable bonds is 7. The zero-order chi connectivity index (χ0) is 8.53. The zero-order valence-corrected chi connectivity index (χ0v) is 8.75. The van der Waals surface area contributed by atoms with Crippen molar-refractivity contribution in [1.29, 1.82) is 0 Å². The molecule has 1 unspecified atom stereocenters. The summed E-state index contributed by atoms with van der Waals surface area (Å²) in [5.74, 6) is 0. The largest absolute Gasteiger partial charge is 0.0904 e. The Morgan fingerprint density at radius 3 is 2.18 bits per heavy atom. The van der Waals surface area contributed by atoms with Crippen LogP contribution in [-0.2, 0) is 0 Å². The third kappa shape index (κ3) is 8.25. The summed E-state index contributed by atoms with van der Waals surface area (Å²) in [7, 11) is 0. The summed E-state index contributed by atoms with van der Waals surface area (Å²) in [6.45, 7) is 4.46. The van der Waals surface area contributed by atoms with Crippen molar-refractivity contribution in [3.63, 3.8) is 0 Å². The second kappa shape index (κ2) is 8.45. The molecule has 0 bridgehead atoms. The summed E-state index contributed by atoms with van der Waals surface area (Å²) >= 11 is 5.29. The van der Waals surface area contributed by atoms with Crippen molar-refractivity contribution in [3.05, 3.63) is 0 Å². The number of hydrogen-bond donors (Lipinski definition) is 0. The quantitative estimate of drug-likeness (QED) is 0.503. The Hall–Kier alpha value is 0.350. The van der Waals surface area contributed by atoms with E-state index in [1.165, 1.54) is 44.9 Å². The summed E-state index contributed by atoms with van der Waals surface area (Å²) in [4.78, 5) is 0. The van der Waals surface area contributed by atoms with E-state index in [-0.39, 0.29) is 0 Å². The topological polar surface area (TPSA) is 0 Å². The van der Waals surface area contributed by atoms with Crippen molar-refractivity contribution in [2.24, 2.45) is 0 Å². The predicted octanol–water partition coefficient (Wildman–Crippen LogP) is 4.32. The van der Waals surface area contributed by atoms with Gasteiger partial charge in [0.15, 0.2) is 0 Å². The lowest BCUT2D eigenvalue weighted by Gasteiger charge is -2.06. The Bertz CT molecular complexity index is 71.3. The van der Waals surface area contributed by atoms with E-state index in [2.05, 4.69) is 13.8 Å². The van der Waals surface area contributed by atoms with Gasteiger partial charge in [0.2, 0.25) is 0 Å². The summed E-state index contributed by atoms with van der Waals surface area (Å²) in [5, 5.41) is 0.553. The van der Waals surface area contributed by atoms with Gasteiger partial charge in [-0.25, -0.2) is 0 Å². The minimum absolute atomic E-state index is 0.553. The monoisotopic (exact) mass is 173 g/mol. The number of unbranched alkanes of at least 4 members (excludes halogenated alkanes) is 3. The fourth-order valence-corrected chi connectivity index (χ4v) is 1.67. The highest BCUT2D eigenvalue weighted by Crippen LogP contribution is 2.13. The Labute approximate surface area is 77.2 Å². The van der Waals surface area contributed by atoms with Crippen LogP contribution in [0.2, 0.25) is 0 Å². The van der Waals surface area contributed by atoms with E-state index in [1.54, 1.807) is 0 Å². The van der Waals surface area contributed by atoms with Crippen molar-refractivity contribution >= 4 is 12.6 Å². The molecule has 0 N–H and O–H groups in total. The fourth-order valence-electron chi connectivity index (χ4n) is 1.27. The first kappa shape index (κ1) is 11.4. The number of hydrogen-bond acceptors (Lipinski definition) is 0. The Balaban J connectivity index is 2.97. The fraction of sp³-hybridized carbons (Fsp3) is 1.00. The van der Waals surface area contributed by atoms with Crippen molar-refractivity contribution < 1.29 is 0 Å². The third-order valence-corrected chi connectivity index (χ3v) is 2.46. The summed E-state index contributed by atoms with van der Waals surface area (Å²) < 4.78 is 0. The first-order valence-corrected chi connectivity index (χ1v) is 5.44. The third-order valence-electron chi connectivity index (χ3n) is 1.99. The molecule has 1 atom stereocenters. The highest BCUT2D eigenvalue weighted by molar-refractivity contribution is 7.80. The normalized spacial score (nSPS) is 13.4. The average molecular weight is 173 g/mol. The lowest BCUT2D eigenvalue weighted by atomic mass is 10.1. The van der Waals surface area contributed by atoms with Gasteiger partial charge in [0.1, 0.15) is 0 Å². The van der Waals surface area contributed by atoms with Crippen LogP contribution in [0.25, 0.3) is 0 Å². The standard InChI is InChI=1S/C10H21S/c1-3-5-6-7-9-10(11)8-4-2/h10H,3-9H2,1-2H3. The van der Waals surface area contributed by atoms with E-state index in [9.17, 15) is 0 Å². The van der Waals surface area contributed by atoms with Crippen LogP contribution in [0.3, 0.4) is 0 Å². The van der Waals surface area contributed by atoms with Crippen LogP contribution >= 0.6 is 12.6 Å². The Morgan fingerprint density at radius 1 is 0.909 bits per heavy atom. The van der Waals surface area contributed by atoms with Crippen molar-refractivity contribution in [1.82, 2.24) is 0 Å². The molecule has 0 aromatic heterocycles. The minimum Gasteiger partial charge on any atom is -0.0904 e. The van der Waals surface area contributed by atoms with Gasteiger partial charge in [0.25, 0.3) is 0 Å². The van der Waals surface area contributed by atoms with E-state index in [1.807, 2.05) is 0 Å². The molecule has 0 heterocycles. The van der Waals surface area contributed by atoms with Crippen LogP contribution in [0.15, 0.2) is 0 Å². The van der Waals surface area contributed by atoms with E-state index in [0.717, 1.165) is 0 Å². The summed E-state index contributed by atoms with van der Waals surface area (Å²) in [6, 6.07) is 0. The summed E-state index contributed by atoms with van der Waals surface area (Å²) in [5.41, 5.74) is 0. The van der Waals surface area contributed by atoms with Gasteiger partial charge in [0, 0.05) is 5.25 Å². The Morgan fingerprint density at radius 2 is 1.64 bits per heavy atom. The molecular weight excluding hydrogens is 152 g/mol. The smallest absolute Gasteiger partial charge is 0.0151 e. The van der Waals surface area contributed by atoms with Crippen molar-refractivity contribution in [3.8, 4) is 0 Å². The first-order valence-electron chi connectivity index (χ1n) is 4.97. The molecule has 11 heavy (non-hydrogen) atoms. The van der Waals surface area contributed by atoms with Gasteiger partial charge in [-0.15, -0.1) is 0 Å². The molecule has 0 spiro atoms. The molecule has 0 rings (SSSR count). The van der Waals surface area contributed by atoms with Gasteiger partial charge in [-0.2, -0.15) is 0 Å². The van der Waals surface area contributed by atoms with Gasteiger partial charge in [-0.05, 0) is 12.8 Å². The molecule has 1 heteroatoms. The Kier molecular flexibility index (Phi) is 8.72. The van der Waals surface area contributed by atoms with Crippen molar-refractivity contribution in [2.75, 3.05) is 0 Å². The summed E-state index contributed by atoms with van der Waals surface area (Å²) in [6.07, 6.45) is 9.20. The van der Waals surface area contributed by atoms with Gasteiger partial charge in [-0.1, -0.05) is 58.6 Å². The lowest BCUT2D eigenvalue weighted by Crippen LogP contribution is -1.97. The molecule has 0 aliphatic heterocycles. The molecule has 0 aromatic rings. The van der Waals surface area contributed by atoms with Crippen LogP contribution in [0.1, 0.15) is 58.8 Å². The predicted molar refractivity (Wildman–Crippen MR) is 55.0 cm³/mol. The van der Waals surface area contributed by atoms with E-state index >= 15 is 0 Å². The van der Waals surface area contributed by atoms with Crippen LogP contribution < -0.4 is 0 Å². The van der Waals surface area contributed by atoms with E-state index in [0.29, 0.717) is 5.25 Å². The van der Waals surface area contributed by atoms with Crippen LogP contribution in [0, 0.1) is 0 Å². The maximum absolute atomic E-state index is 5.29. The van der Waals surface area contributed by atoms with Crippen molar-refractivity contribution in [2.45, 2.75) is 64.0 Å². The van der Waals surface area contributed by atoms with Crippen LogP contribution in [-0.4, -0.2) is 5.25 Å². The van der Waals surface area contributed by atoms with Gasteiger partial charge in [-0.3, -0.25) is 0 Å². The molecular formula is C10H21S. The molecule has 0 saturated heterocycles. The highest BCUT2D eigenvalue weighted by Gasteiger charge is 2.00.